The van der Waals surface area contributed by atoms with Crippen LogP contribution in [0.4, 0.5) is 5.69 Å². The summed E-state index contributed by atoms with van der Waals surface area (Å²) in [5.41, 5.74) is 2.82. The number of rotatable bonds is 6. The first-order valence-electron chi connectivity index (χ1n) is 8.12. The Morgan fingerprint density at radius 2 is 1.89 bits per heavy atom. The molecule has 0 saturated carbocycles. The summed E-state index contributed by atoms with van der Waals surface area (Å²) in [5, 5.41) is 4.18. The van der Waals surface area contributed by atoms with Gasteiger partial charge in [-0.05, 0) is 49.4 Å². The van der Waals surface area contributed by atoms with Gasteiger partial charge >= 0.3 is 0 Å². The van der Waals surface area contributed by atoms with Gasteiger partial charge in [0, 0.05) is 15.3 Å². The maximum Gasteiger partial charge on any atom is 0.271 e. The zero-order chi connectivity index (χ0) is 20.1. The molecule has 2 aromatic carbocycles. The van der Waals surface area contributed by atoms with Crippen molar-refractivity contribution in [2.75, 3.05) is 4.72 Å². The highest BCUT2D eigenvalue weighted by atomic mass is 35.5. The molecule has 0 spiro atoms. The van der Waals surface area contributed by atoms with Crippen LogP contribution in [0.25, 0.3) is 0 Å². The molecule has 0 fully saturated rings. The third kappa shape index (κ3) is 4.98. The number of para-hydroxylation sites is 1. The highest BCUT2D eigenvalue weighted by Gasteiger charge is 2.17. The van der Waals surface area contributed by atoms with Crippen LogP contribution in [-0.4, -0.2) is 20.5 Å². The average Bonchev–Trinajstić information content (AvgIpc) is 3.08. The van der Waals surface area contributed by atoms with E-state index in [1.807, 2.05) is 19.1 Å². The second kappa shape index (κ2) is 8.55. The minimum atomic E-state index is -3.90. The van der Waals surface area contributed by atoms with Crippen molar-refractivity contribution in [2.24, 2.45) is 5.10 Å². The fourth-order valence-electron chi connectivity index (χ4n) is 2.29. The molecule has 3 aromatic rings. The van der Waals surface area contributed by atoms with E-state index < -0.39 is 15.9 Å². The smallest absolute Gasteiger partial charge is 0.271 e. The third-order valence-electron chi connectivity index (χ3n) is 3.64. The number of aryl methyl sites for hydroxylation is 1. The fraction of sp³-hybridized carbons (Fsp3) is 0.0526. The van der Waals surface area contributed by atoms with Crippen LogP contribution in [0.15, 0.2) is 70.7 Å². The van der Waals surface area contributed by atoms with E-state index in [0.29, 0.717) is 0 Å². The molecule has 0 unspecified atom stereocenters. The molecule has 144 valence electrons. The predicted molar refractivity (Wildman–Crippen MR) is 113 cm³/mol. The summed E-state index contributed by atoms with van der Waals surface area (Å²) in [5.74, 6) is -0.515. The number of sulfonamides is 1. The van der Waals surface area contributed by atoms with Crippen LogP contribution in [0.3, 0.4) is 0 Å². The van der Waals surface area contributed by atoms with Crippen LogP contribution in [0.1, 0.15) is 20.1 Å². The van der Waals surface area contributed by atoms with E-state index in [0.717, 1.165) is 9.75 Å². The summed E-state index contributed by atoms with van der Waals surface area (Å²) < 4.78 is 27.6. The first kappa shape index (κ1) is 20.1. The molecule has 6 nitrogen and oxygen atoms in total. The lowest BCUT2D eigenvalue weighted by molar-refractivity contribution is 0.0955. The topological polar surface area (TPSA) is 87.6 Å². The third-order valence-corrected chi connectivity index (χ3v) is 6.27. The highest BCUT2D eigenvalue weighted by molar-refractivity contribution is 7.92. The second-order valence-corrected chi connectivity index (χ2v) is 9.17. The minimum absolute atomic E-state index is 0.0575. The number of nitrogens with one attached hydrogen (secondary N) is 2. The molecular formula is C19H16ClN3O3S2. The van der Waals surface area contributed by atoms with E-state index in [1.54, 1.807) is 35.6 Å². The van der Waals surface area contributed by atoms with Gasteiger partial charge in [0.15, 0.2) is 0 Å². The largest absolute Gasteiger partial charge is 0.278 e. The van der Waals surface area contributed by atoms with Crippen molar-refractivity contribution in [2.45, 2.75) is 11.8 Å². The van der Waals surface area contributed by atoms with Crippen molar-refractivity contribution in [3.8, 4) is 0 Å². The van der Waals surface area contributed by atoms with Gasteiger partial charge in [0.05, 0.1) is 21.8 Å². The number of carbonyl (C=O) groups excluding carboxylic acids is 1. The van der Waals surface area contributed by atoms with Crippen LogP contribution in [-0.2, 0) is 10.0 Å². The normalized spacial score (nSPS) is 11.5. The quantitative estimate of drug-likeness (QED) is 0.449. The molecule has 0 atom stereocenters. The molecule has 28 heavy (non-hydrogen) atoms. The maximum atomic E-state index is 12.6. The van der Waals surface area contributed by atoms with E-state index >= 15 is 0 Å². The van der Waals surface area contributed by atoms with Gasteiger partial charge in [0.2, 0.25) is 0 Å². The lowest BCUT2D eigenvalue weighted by Gasteiger charge is -2.10. The SMILES string of the molecule is Cc1ccc(/C=N/NC(=O)c2cccc(S(=O)(=O)Nc3ccccc3Cl)c2)s1. The minimum Gasteiger partial charge on any atom is -0.278 e. The van der Waals surface area contributed by atoms with E-state index in [2.05, 4.69) is 15.2 Å². The summed E-state index contributed by atoms with van der Waals surface area (Å²) in [6.07, 6.45) is 1.54. The van der Waals surface area contributed by atoms with Gasteiger partial charge in [-0.15, -0.1) is 11.3 Å². The van der Waals surface area contributed by atoms with Crippen molar-refractivity contribution < 1.29 is 13.2 Å². The Kier molecular flexibility index (Phi) is 6.13. The summed E-state index contributed by atoms with van der Waals surface area (Å²) in [6, 6.07) is 16.0. The lowest BCUT2D eigenvalue weighted by Crippen LogP contribution is -2.19. The van der Waals surface area contributed by atoms with Crippen LogP contribution in [0, 0.1) is 6.92 Å². The average molecular weight is 434 g/mol. The monoisotopic (exact) mass is 433 g/mol. The number of carbonyl (C=O) groups is 1. The Hall–Kier alpha value is -2.68. The number of hydrazone groups is 1. The number of benzene rings is 2. The molecule has 9 heteroatoms. The van der Waals surface area contributed by atoms with E-state index in [1.165, 1.54) is 30.5 Å². The molecule has 3 rings (SSSR count). The molecule has 2 N–H and O–H groups in total. The number of halogens is 1. The van der Waals surface area contributed by atoms with Gasteiger partial charge in [-0.2, -0.15) is 5.10 Å². The molecule has 0 aliphatic rings. The summed E-state index contributed by atoms with van der Waals surface area (Å²) in [7, 11) is -3.90. The summed E-state index contributed by atoms with van der Waals surface area (Å²) in [4.78, 5) is 14.3. The van der Waals surface area contributed by atoms with Crippen molar-refractivity contribution in [1.82, 2.24) is 5.43 Å². The molecule has 0 bridgehead atoms. The number of amides is 1. The number of anilines is 1. The molecule has 1 heterocycles. The molecule has 0 saturated heterocycles. The zero-order valence-electron chi connectivity index (χ0n) is 14.7. The molecule has 0 aliphatic heterocycles. The number of hydrogen-bond acceptors (Lipinski definition) is 5. The number of hydrogen-bond donors (Lipinski definition) is 2. The van der Waals surface area contributed by atoms with Gasteiger partial charge in [0.25, 0.3) is 15.9 Å². The number of thiophene rings is 1. The molecule has 1 aromatic heterocycles. The Morgan fingerprint density at radius 1 is 1.11 bits per heavy atom. The van der Waals surface area contributed by atoms with E-state index in [-0.39, 0.29) is 21.2 Å². The van der Waals surface area contributed by atoms with Gasteiger partial charge < -0.3 is 0 Å². The first-order chi connectivity index (χ1) is 13.3. The van der Waals surface area contributed by atoms with Gasteiger partial charge in [0.1, 0.15) is 0 Å². The van der Waals surface area contributed by atoms with Crippen molar-refractivity contribution in [1.29, 1.82) is 0 Å². The zero-order valence-corrected chi connectivity index (χ0v) is 17.1. The first-order valence-corrected chi connectivity index (χ1v) is 10.8. The summed E-state index contributed by atoms with van der Waals surface area (Å²) in [6.45, 7) is 1.98. The van der Waals surface area contributed by atoms with Crippen LogP contribution in [0.2, 0.25) is 5.02 Å². The maximum absolute atomic E-state index is 12.6. The van der Waals surface area contributed by atoms with E-state index in [9.17, 15) is 13.2 Å². The van der Waals surface area contributed by atoms with Crippen LogP contribution in [0.5, 0.6) is 0 Å². The van der Waals surface area contributed by atoms with Gasteiger partial charge in [-0.25, -0.2) is 13.8 Å². The lowest BCUT2D eigenvalue weighted by atomic mass is 10.2. The highest BCUT2D eigenvalue weighted by Crippen LogP contribution is 2.24. The Bertz CT molecular complexity index is 1140. The van der Waals surface area contributed by atoms with Crippen molar-refractivity contribution in [3.63, 3.8) is 0 Å². The Labute approximate surface area is 171 Å². The Morgan fingerprint density at radius 3 is 2.61 bits per heavy atom. The van der Waals surface area contributed by atoms with Gasteiger partial charge in [-0.1, -0.05) is 29.8 Å². The van der Waals surface area contributed by atoms with Crippen LogP contribution < -0.4 is 10.1 Å². The molecule has 1 amide bonds. The van der Waals surface area contributed by atoms with Crippen LogP contribution >= 0.6 is 22.9 Å². The second-order valence-electron chi connectivity index (χ2n) is 5.76. The molecule has 0 radical (unpaired) electrons. The molecule has 0 aliphatic carbocycles. The number of nitrogens with zero attached hydrogens (tertiary/aromatic N) is 1. The fourth-order valence-corrected chi connectivity index (χ4v) is 4.41. The van der Waals surface area contributed by atoms with Crippen molar-refractivity contribution in [3.05, 3.63) is 81.0 Å². The standard InChI is InChI=1S/C19H16ClN3O3S2/c1-13-9-10-15(27-13)12-21-22-19(24)14-5-4-6-16(11-14)28(25,26)23-18-8-3-2-7-17(18)20/h2-12,23H,1H3,(H,22,24)/b21-12+. The van der Waals surface area contributed by atoms with E-state index in [4.69, 9.17) is 11.6 Å². The van der Waals surface area contributed by atoms with Gasteiger partial charge in [-0.3, -0.25) is 9.52 Å². The Balaban J connectivity index is 1.74. The molecular weight excluding hydrogens is 418 g/mol. The van der Waals surface area contributed by atoms with Crippen molar-refractivity contribution >= 4 is 50.8 Å². The predicted octanol–water partition coefficient (Wildman–Crippen LogP) is 4.27. The summed E-state index contributed by atoms with van der Waals surface area (Å²) >= 11 is 7.55.